The molecule has 29 heavy (non-hydrogen) atoms. The summed E-state index contributed by atoms with van der Waals surface area (Å²) in [5.74, 6) is -0.983. The zero-order valence-corrected chi connectivity index (χ0v) is 14.8. The Kier molecular flexibility index (Phi) is 5.92. The highest BCUT2D eigenvalue weighted by Gasteiger charge is 2.30. The van der Waals surface area contributed by atoms with Crippen molar-refractivity contribution >= 4 is 5.91 Å². The number of benzene rings is 2. The minimum atomic E-state index is -4.46. The van der Waals surface area contributed by atoms with Gasteiger partial charge in [0.25, 0.3) is 5.89 Å². The van der Waals surface area contributed by atoms with Crippen molar-refractivity contribution in [2.24, 2.45) is 0 Å². The van der Waals surface area contributed by atoms with E-state index in [0.717, 1.165) is 12.1 Å². The van der Waals surface area contributed by atoms with Gasteiger partial charge in [-0.2, -0.15) is 18.2 Å². The molecule has 1 heterocycles. The van der Waals surface area contributed by atoms with E-state index in [0.29, 0.717) is 5.56 Å². The zero-order chi connectivity index (χ0) is 21.0. The number of hydrogen-bond acceptors (Lipinski definition) is 5. The molecule has 3 rings (SSSR count). The highest BCUT2D eigenvalue weighted by molar-refractivity contribution is 5.78. The summed E-state index contributed by atoms with van der Waals surface area (Å²) in [6, 6.07) is 8.52. The van der Waals surface area contributed by atoms with Crippen molar-refractivity contribution in [3.8, 4) is 11.4 Å². The number of nitrogens with one attached hydrogen (secondary N) is 1. The van der Waals surface area contributed by atoms with Crippen LogP contribution >= 0.6 is 0 Å². The largest absolute Gasteiger partial charge is 0.416 e. The van der Waals surface area contributed by atoms with E-state index in [9.17, 15) is 27.5 Å². The molecule has 0 bridgehead atoms. The van der Waals surface area contributed by atoms with Crippen LogP contribution in [0.5, 0.6) is 0 Å². The fourth-order valence-electron chi connectivity index (χ4n) is 2.52. The van der Waals surface area contributed by atoms with Gasteiger partial charge in [0.1, 0.15) is 11.9 Å². The monoisotopic (exact) mass is 409 g/mol. The Morgan fingerprint density at radius 1 is 1.10 bits per heavy atom. The van der Waals surface area contributed by atoms with Crippen LogP contribution in [0.1, 0.15) is 23.1 Å². The predicted octanol–water partition coefficient (Wildman–Crippen LogP) is 3.29. The molecule has 1 amide bonds. The van der Waals surface area contributed by atoms with Crippen LogP contribution in [0.25, 0.3) is 11.4 Å². The lowest BCUT2D eigenvalue weighted by atomic mass is 10.1. The summed E-state index contributed by atoms with van der Waals surface area (Å²) in [4.78, 5) is 16.2. The van der Waals surface area contributed by atoms with E-state index >= 15 is 0 Å². The third kappa shape index (κ3) is 5.17. The summed E-state index contributed by atoms with van der Waals surface area (Å²) >= 11 is 0. The fourth-order valence-corrected chi connectivity index (χ4v) is 2.52. The van der Waals surface area contributed by atoms with Gasteiger partial charge in [0.15, 0.2) is 0 Å². The van der Waals surface area contributed by atoms with Crippen molar-refractivity contribution < 1.29 is 32.0 Å². The molecule has 1 aromatic heterocycles. The van der Waals surface area contributed by atoms with E-state index < -0.39 is 36.1 Å². The lowest BCUT2D eigenvalue weighted by molar-refractivity contribution is -0.137. The van der Waals surface area contributed by atoms with Crippen LogP contribution in [0.15, 0.2) is 53.1 Å². The highest BCUT2D eigenvalue weighted by Crippen LogP contribution is 2.30. The molecule has 0 saturated carbocycles. The number of amides is 1. The maximum absolute atomic E-state index is 12.9. The molecule has 0 saturated heterocycles. The average molecular weight is 409 g/mol. The number of nitrogens with zero attached hydrogens (tertiary/aromatic N) is 2. The lowest BCUT2D eigenvalue weighted by Crippen LogP contribution is -2.32. The predicted molar refractivity (Wildman–Crippen MR) is 92.8 cm³/mol. The van der Waals surface area contributed by atoms with Crippen LogP contribution in [0.2, 0.25) is 0 Å². The topological polar surface area (TPSA) is 88.2 Å². The molecule has 0 aliphatic heterocycles. The Bertz CT molecular complexity index is 970. The van der Waals surface area contributed by atoms with Gasteiger partial charge in [0.2, 0.25) is 11.7 Å². The number of aromatic nitrogens is 2. The van der Waals surface area contributed by atoms with E-state index in [1.165, 1.54) is 36.4 Å². The summed E-state index contributed by atoms with van der Waals surface area (Å²) in [7, 11) is 0. The van der Waals surface area contributed by atoms with E-state index in [1.807, 2.05) is 0 Å². The van der Waals surface area contributed by atoms with Gasteiger partial charge in [-0.05, 0) is 29.8 Å². The number of aliphatic hydroxyl groups is 1. The minimum Gasteiger partial charge on any atom is -0.394 e. The first kappa shape index (κ1) is 20.5. The number of carbonyl (C=O) groups excluding carboxylic acids is 1. The van der Waals surface area contributed by atoms with Gasteiger partial charge in [0.05, 0.1) is 18.6 Å². The number of rotatable bonds is 6. The van der Waals surface area contributed by atoms with Crippen molar-refractivity contribution in [1.82, 2.24) is 15.5 Å². The summed E-state index contributed by atoms with van der Waals surface area (Å²) in [6.07, 6.45) is -4.52. The molecule has 0 radical (unpaired) electrons. The van der Waals surface area contributed by atoms with Crippen LogP contribution in [0.3, 0.4) is 0 Å². The van der Waals surface area contributed by atoms with Gasteiger partial charge in [-0.1, -0.05) is 29.4 Å². The molecule has 10 heteroatoms. The van der Waals surface area contributed by atoms with Gasteiger partial charge in [0, 0.05) is 5.56 Å². The van der Waals surface area contributed by atoms with Gasteiger partial charge < -0.3 is 14.9 Å². The lowest BCUT2D eigenvalue weighted by Gasteiger charge is -2.12. The Balaban J connectivity index is 1.68. The first-order valence-electron chi connectivity index (χ1n) is 8.42. The number of alkyl halides is 3. The molecular formula is C19H15F4N3O3. The standard InChI is InChI=1S/C19H15F4N3O3/c20-14-7-1-11(2-8-14)9-16(28)24-15(10-27)18-25-17(26-29-18)12-3-5-13(6-4-12)19(21,22)23/h1-8,15,27H,9-10H2,(H,24,28). The van der Waals surface area contributed by atoms with Crippen LogP contribution < -0.4 is 5.32 Å². The molecule has 0 aliphatic carbocycles. The summed E-state index contributed by atoms with van der Waals surface area (Å²) in [5.41, 5.74) is 0.0325. The SMILES string of the molecule is O=C(Cc1ccc(F)cc1)NC(CO)c1nc(-c2ccc(C(F)(F)F)cc2)no1. The molecule has 0 aliphatic rings. The molecular weight excluding hydrogens is 394 g/mol. The first-order chi connectivity index (χ1) is 13.8. The molecule has 3 aromatic rings. The van der Waals surface area contributed by atoms with Crippen molar-refractivity contribution in [2.75, 3.05) is 6.61 Å². The van der Waals surface area contributed by atoms with Crippen LogP contribution in [0.4, 0.5) is 17.6 Å². The summed E-state index contributed by atoms with van der Waals surface area (Å²) < 4.78 is 55.9. The van der Waals surface area contributed by atoms with Gasteiger partial charge >= 0.3 is 6.18 Å². The van der Waals surface area contributed by atoms with E-state index in [4.69, 9.17) is 4.52 Å². The van der Waals surface area contributed by atoms with E-state index in [-0.39, 0.29) is 23.7 Å². The maximum Gasteiger partial charge on any atom is 0.416 e. The second-order valence-electron chi connectivity index (χ2n) is 6.14. The molecule has 0 fully saturated rings. The molecule has 152 valence electrons. The quantitative estimate of drug-likeness (QED) is 0.610. The van der Waals surface area contributed by atoms with Gasteiger partial charge in [-0.25, -0.2) is 4.39 Å². The fraction of sp³-hybridized carbons (Fsp3) is 0.211. The Labute approximate surface area is 162 Å². The number of carbonyl (C=O) groups is 1. The van der Waals surface area contributed by atoms with Gasteiger partial charge in [-0.3, -0.25) is 4.79 Å². The molecule has 0 spiro atoms. The third-order valence-corrected chi connectivity index (χ3v) is 4.01. The molecule has 2 N–H and O–H groups in total. The first-order valence-corrected chi connectivity index (χ1v) is 8.42. The van der Waals surface area contributed by atoms with Crippen LogP contribution in [-0.4, -0.2) is 27.8 Å². The van der Waals surface area contributed by atoms with Crippen molar-refractivity contribution in [1.29, 1.82) is 0 Å². The summed E-state index contributed by atoms with van der Waals surface area (Å²) in [6.45, 7) is -0.538. The minimum absolute atomic E-state index is 0.0139. The van der Waals surface area contributed by atoms with Crippen LogP contribution in [-0.2, 0) is 17.4 Å². The zero-order valence-electron chi connectivity index (χ0n) is 14.8. The van der Waals surface area contributed by atoms with E-state index in [1.54, 1.807) is 0 Å². The Morgan fingerprint density at radius 3 is 2.34 bits per heavy atom. The van der Waals surface area contributed by atoms with Crippen molar-refractivity contribution in [3.63, 3.8) is 0 Å². The summed E-state index contributed by atoms with van der Waals surface area (Å²) in [5, 5.41) is 15.7. The number of halogens is 4. The maximum atomic E-state index is 12.9. The van der Waals surface area contributed by atoms with Crippen molar-refractivity contribution in [2.45, 2.75) is 18.6 Å². The second kappa shape index (κ2) is 8.39. The number of hydrogen-bond donors (Lipinski definition) is 2. The Morgan fingerprint density at radius 2 is 1.76 bits per heavy atom. The molecule has 1 unspecified atom stereocenters. The van der Waals surface area contributed by atoms with Crippen LogP contribution in [0, 0.1) is 5.82 Å². The van der Waals surface area contributed by atoms with E-state index in [2.05, 4.69) is 15.5 Å². The molecule has 6 nitrogen and oxygen atoms in total. The van der Waals surface area contributed by atoms with Gasteiger partial charge in [-0.15, -0.1) is 0 Å². The Hall–Kier alpha value is -3.27. The van der Waals surface area contributed by atoms with Crippen molar-refractivity contribution in [3.05, 3.63) is 71.4 Å². The third-order valence-electron chi connectivity index (χ3n) is 4.01. The second-order valence-corrected chi connectivity index (χ2v) is 6.14. The smallest absolute Gasteiger partial charge is 0.394 e. The number of aliphatic hydroxyl groups excluding tert-OH is 1. The highest BCUT2D eigenvalue weighted by atomic mass is 19.4. The average Bonchev–Trinajstić information content (AvgIpc) is 3.17. The normalized spacial score (nSPS) is 12.6. The molecule has 1 atom stereocenters. The molecule has 2 aromatic carbocycles.